The van der Waals surface area contributed by atoms with Crippen molar-refractivity contribution >= 4 is 21.6 Å². The number of amides is 1. The molecule has 1 saturated heterocycles. The summed E-state index contributed by atoms with van der Waals surface area (Å²) in [7, 11) is -3.59. The number of hydrogen-bond acceptors (Lipinski definition) is 7. The van der Waals surface area contributed by atoms with E-state index in [1.54, 1.807) is 12.1 Å². The fourth-order valence-electron chi connectivity index (χ4n) is 4.57. The highest BCUT2D eigenvalue weighted by Gasteiger charge is 2.19. The van der Waals surface area contributed by atoms with Gasteiger partial charge in [0, 0.05) is 44.0 Å². The van der Waals surface area contributed by atoms with Crippen molar-refractivity contribution in [2.75, 3.05) is 50.5 Å². The van der Waals surface area contributed by atoms with E-state index in [9.17, 15) is 13.2 Å². The molecule has 1 N–H and O–H groups in total. The highest BCUT2D eigenvalue weighted by atomic mass is 32.2. The molecule has 0 saturated carbocycles. The maximum absolute atomic E-state index is 12.1. The van der Waals surface area contributed by atoms with Gasteiger partial charge in [-0.2, -0.15) is 0 Å². The predicted molar refractivity (Wildman–Crippen MR) is 150 cm³/mol. The zero-order valence-corrected chi connectivity index (χ0v) is 23.0. The lowest BCUT2D eigenvalue weighted by Gasteiger charge is -2.36. The first-order valence-corrected chi connectivity index (χ1v) is 14.7. The van der Waals surface area contributed by atoms with E-state index in [-0.39, 0.29) is 0 Å². The molecule has 38 heavy (non-hydrogen) atoms. The van der Waals surface area contributed by atoms with Gasteiger partial charge in [-0.25, -0.2) is 13.1 Å². The Labute approximate surface area is 225 Å². The van der Waals surface area contributed by atoms with Gasteiger partial charge < -0.3 is 14.4 Å². The molecular weight excluding hydrogens is 502 g/mol. The lowest BCUT2D eigenvalue weighted by atomic mass is 10.0. The summed E-state index contributed by atoms with van der Waals surface area (Å²) < 4.78 is 36.2. The summed E-state index contributed by atoms with van der Waals surface area (Å²) >= 11 is 0. The van der Waals surface area contributed by atoms with Crippen LogP contribution in [0.4, 0.5) is 5.69 Å². The van der Waals surface area contributed by atoms with Crippen LogP contribution in [-0.2, 0) is 16.6 Å². The van der Waals surface area contributed by atoms with Crippen LogP contribution < -0.4 is 19.1 Å². The quantitative estimate of drug-likeness (QED) is 0.415. The second-order valence-electron chi connectivity index (χ2n) is 9.27. The number of sulfonamides is 1. The summed E-state index contributed by atoms with van der Waals surface area (Å²) in [4.78, 5) is 16.8. The maximum atomic E-state index is 12.1. The van der Waals surface area contributed by atoms with Crippen molar-refractivity contribution in [2.24, 2.45) is 0 Å². The van der Waals surface area contributed by atoms with Crippen molar-refractivity contribution in [1.29, 1.82) is 0 Å². The fourth-order valence-corrected chi connectivity index (χ4v) is 5.03. The Balaban J connectivity index is 1.41. The zero-order chi connectivity index (χ0) is 27.1. The Bertz CT molecular complexity index is 1350. The van der Waals surface area contributed by atoms with Crippen molar-refractivity contribution in [2.45, 2.75) is 20.4 Å². The minimum atomic E-state index is -3.59. The van der Waals surface area contributed by atoms with Crippen LogP contribution in [0.5, 0.6) is 11.5 Å². The molecule has 9 heteroatoms. The molecule has 1 heterocycles. The molecule has 0 aliphatic carbocycles. The zero-order valence-electron chi connectivity index (χ0n) is 22.1. The third-order valence-corrected chi connectivity index (χ3v) is 6.86. The lowest BCUT2D eigenvalue weighted by Crippen LogP contribution is -2.46. The molecule has 0 spiro atoms. The van der Waals surface area contributed by atoms with Crippen LogP contribution in [0.15, 0.2) is 66.7 Å². The molecule has 0 atom stereocenters. The average molecular weight is 538 g/mol. The largest absolute Gasteiger partial charge is 0.494 e. The van der Waals surface area contributed by atoms with Gasteiger partial charge in [-0.1, -0.05) is 12.1 Å². The average Bonchev–Trinajstić information content (AvgIpc) is 2.89. The highest BCUT2D eigenvalue weighted by Crippen LogP contribution is 2.30. The van der Waals surface area contributed by atoms with Crippen molar-refractivity contribution < 1.29 is 22.7 Å². The molecule has 202 valence electrons. The van der Waals surface area contributed by atoms with Crippen LogP contribution in [0.2, 0.25) is 0 Å². The van der Waals surface area contributed by atoms with Crippen molar-refractivity contribution in [3.8, 4) is 22.6 Å². The van der Waals surface area contributed by atoms with E-state index in [1.807, 2.05) is 42.8 Å². The monoisotopic (exact) mass is 537 g/mol. The van der Waals surface area contributed by atoms with Gasteiger partial charge in [-0.05, 0) is 85.1 Å². The van der Waals surface area contributed by atoms with E-state index in [0.717, 1.165) is 67.3 Å². The summed E-state index contributed by atoms with van der Waals surface area (Å²) in [5.41, 5.74) is 4.72. The van der Waals surface area contributed by atoms with Crippen LogP contribution in [0.25, 0.3) is 11.1 Å². The molecule has 0 aromatic heterocycles. The Morgan fingerprint density at radius 3 is 2.16 bits per heavy atom. The third-order valence-electron chi connectivity index (χ3n) is 6.31. The first-order chi connectivity index (χ1) is 18.2. The number of anilines is 1. The van der Waals surface area contributed by atoms with Crippen molar-refractivity contribution in [3.05, 3.63) is 77.9 Å². The number of benzene rings is 3. The van der Waals surface area contributed by atoms with Crippen molar-refractivity contribution in [1.82, 2.24) is 9.62 Å². The number of rotatable bonds is 10. The van der Waals surface area contributed by atoms with Gasteiger partial charge in [0.2, 0.25) is 10.0 Å². The molecular formula is C29H35N3O5S. The smallest absolute Gasteiger partial charge is 0.264 e. The normalized spacial score (nSPS) is 14.2. The molecule has 8 nitrogen and oxygen atoms in total. The summed E-state index contributed by atoms with van der Waals surface area (Å²) in [6, 6.07) is 21.6. The summed E-state index contributed by atoms with van der Waals surface area (Å²) in [6.45, 7) is 9.51. The standard InChI is InChI=1S/C29H35N3O5S/c1-4-36-27-8-6-7-24(19-27)25-17-22(18-28(20-25)37-5-2)21-31-13-15-32(16-14-31)26-11-9-23(10-12-26)29(33)30-38(3,34)35/h6-12,17-20H,4-5,13-16,21H2,1-3H3,(H,30,33). The predicted octanol–water partition coefficient (Wildman–Crippen LogP) is 4.16. The Morgan fingerprint density at radius 2 is 1.50 bits per heavy atom. The van der Waals surface area contributed by atoms with Gasteiger partial charge in [0.25, 0.3) is 5.91 Å². The summed E-state index contributed by atoms with van der Waals surface area (Å²) in [6.07, 6.45) is 0.965. The Kier molecular flexibility index (Phi) is 8.91. The van der Waals surface area contributed by atoms with Gasteiger partial charge in [0.15, 0.2) is 0 Å². The molecule has 1 aliphatic heterocycles. The number of hydrogen-bond donors (Lipinski definition) is 1. The first kappa shape index (κ1) is 27.5. The van der Waals surface area contributed by atoms with Gasteiger partial charge >= 0.3 is 0 Å². The minimum absolute atomic E-state index is 0.314. The van der Waals surface area contributed by atoms with E-state index in [0.29, 0.717) is 18.8 Å². The SMILES string of the molecule is CCOc1cccc(-c2cc(CN3CCN(c4ccc(C(=O)NS(C)(=O)=O)cc4)CC3)cc(OCC)c2)c1. The van der Waals surface area contributed by atoms with Crippen LogP contribution in [-0.4, -0.2) is 64.9 Å². The fraction of sp³-hybridized carbons (Fsp3) is 0.345. The first-order valence-electron chi connectivity index (χ1n) is 12.8. The summed E-state index contributed by atoms with van der Waals surface area (Å²) in [5, 5.41) is 0. The molecule has 0 radical (unpaired) electrons. The molecule has 0 unspecified atom stereocenters. The molecule has 3 aromatic rings. The van der Waals surface area contributed by atoms with Crippen LogP contribution in [0, 0.1) is 0 Å². The molecule has 0 bridgehead atoms. The molecule has 3 aromatic carbocycles. The topological polar surface area (TPSA) is 88.2 Å². The summed E-state index contributed by atoms with van der Waals surface area (Å²) in [5.74, 6) is 1.09. The molecule has 1 aliphatic rings. The Hall–Kier alpha value is -3.56. The number of nitrogens with one attached hydrogen (secondary N) is 1. The van der Waals surface area contributed by atoms with E-state index < -0.39 is 15.9 Å². The highest BCUT2D eigenvalue weighted by molar-refractivity contribution is 7.89. The second-order valence-corrected chi connectivity index (χ2v) is 11.0. The van der Waals surface area contributed by atoms with E-state index in [1.165, 1.54) is 5.56 Å². The van der Waals surface area contributed by atoms with Gasteiger partial charge in [0.1, 0.15) is 11.5 Å². The molecule has 4 rings (SSSR count). The third kappa shape index (κ3) is 7.49. The van der Waals surface area contributed by atoms with E-state index in [2.05, 4.69) is 40.1 Å². The number of carbonyl (C=O) groups excluding carboxylic acids is 1. The van der Waals surface area contributed by atoms with E-state index >= 15 is 0 Å². The van der Waals surface area contributed by atoms with Crippen molar-refractivity contribution in [3.63, 3.8) is 0 Å². The second kappa shape index (κ2) is 12.3. The molecule has 1 amide bonds. The van der Waals surface area contributed by atoms with Crippen LogP contribution in [0.3, 0.4) is 0 Å². The van der Waals surface area contributed by atoms with Gasteiger partial charge in [-0.15, -0.1) is 0 Å². The van der Waals surface area contributed by atoms with Gasteiger partial charge in [-0.3, -0.25) is 9.69 Å². The minimum Gasteiger partial charge on any atom is -0.494 e. The Morgan fingerprint density at radius 1 is 0.842 bits per heavy atom. The number of piperazine rings is 1. The maximum Gasteiger partial charge on any atom is 0.264 e. The number of carbonyl (C=O) groups is 1. The molecule has 1 fully saturated rings. The van der Waals surface area contributed by atoms with E-state index in [4.69, 9.17) is 9.47 Å². The van der Waals surface area contributed by atoms with Gasteiger partial charge in [0.05, 0.1) is 19.5 Å². The van der Waals surface area contributed by atoms with Crippen LogP contribution in [0.1, 0.15) is 29.8 Å². The number of ether oxygens (including phenoxy) is 2. The lowest BCUT2D eigenvalue weighted by molar-refractivity contribution is 0.0981. The van der Waals surface area contributed by atoms with Crippen LogP contribution >= 0.6 is 0 Å². The number of nitrogens with zero attached hydrogens (tertiary/aromatic N) is 2.